The fourth-order valence-electron chi connectivity index (χ4n) is 1.04. The molecule has 0 saturated carbocycles. The van der Waals surface area contributed by atoms with Crippen molar-refractivity contribution in [1.29, 1.82) is 0 Å². The van der Waals surface area contributed by atoms with Gasteiger partial charge in [0, 0.05) is 21.1 Å². The molecule has 1 aromatic heterocycles. The molecular formula is C10H14BrN3O. The predicted octanol–water partition coefficient (Wildman–Crippen LogP) is 1.37. The van der Waals surface area contributed by atoms with Crippen LogP contribution < -0.4 is 4.90 Å². The summed E-state index contributed by atoms with van der Waals surface area (Å²) in [5.74, 6) is 0.832. The van der Waals surface area contributed by atoms with Crippen LogP contribution in [0.4, 0.5) is 5.82 Å². The van der Waals surface area contributed by atoms with Gasteiger partial charge in [-0.2, -0.15) is 0 Å². The fraction of sp³-hybridized carbons (Fsp3) is 0.400. The molecule has 0 unspecified atom stereocenters. The number of likely N-dealkylation sites (N-methyl/N-ethyl adjacent to an activating group) is 2. The Balaban J connectivity index is 2.69. The van der Waals surface area contributed by atoms with Crippen molar-refractivity contribution in [2.75, 3.05) is 32.6 Å². The van der Waals surface area contributed by atoms with Crippen molar-refractivity contribution in [2.45, 2.75) is 0 Å². The molecule has 15 heavy (non-hydrogen) atoms. The number of carbonyl (C=O) groups is 1. The Hall–Kier alpha value is -1.10. The summed E-state index contributed by atoms with van der Waals surface area (Å²) in [7, 11) is 5.32. The molecule has 0 fully saturated rings. The molecule has 1 rings (SSSR count). The maximum Gasteiger partial charge on any atom is 0.241 e. The molecule has 0 radical (unpaired) electrons. The first-order chi connectivity index (χ1) is 7.00. The largest absolute Gasteiger partial charge is 0.350 e. The van der Waals surface area contributed by atoms with Crippen LogP contribution in [0.25, 0.3) is 0 Å². The van der Waals surface area contributed by atoms with E-state index in [4.69, 9.17) is 0 Å². The van der Waals surface area contributed by atoms with Crippen LogP contribution >= 0.6 is 15.9 Å². The number of anilines is 1. The van der Waals surface area contributed by atoms with E-state index in [-0.39, 0.29) is 5.91 Å². The SMILES string of the molecule is CN(C)C(=O)CN(C)c1cccc(Br)n1. The van der Waals surface area contributed by atoms with Crippen LogP contribution in [0.15, 0.2) is 22.8 Å². The van der Waals surface area contributed by atoms with Crippen LogP contribution in [-0.2, 0) is 4.79 Å². The van der Waals surface area contributed by atoms with Gasteiger partial charge in [-0.15, -0.1) is 0 Å². The van der Waals surface area contributed by atoms with Gasteiger partial charge < -0.3 is 9.80 Å². The number of pyridine rings is 1. The van der Waals surface area contributed by atoms with E-state index < -0.39 is 0 Å². The van der Waals surface area contributed by atoms with Gasteiger partial charge in [-0.3, -0.25) is 4.79 Å². The fourth-order valence-corrected chi connectivity index (χ4v) is 1.37. The summed E-state index contributed by atoms with van der Waals surface area (Å²) < 4.78 is 0.768. The standard InChI is InChI=1S/C10H14BrN3O/c1-13(2)10(15)7-14(3)9-6-4-5-8(11)12-9/h4-6H,7H2,1-3H3. The summed E-state index contributed by atoms with van der Waals surface area (Å²) in [5.41, 5.74) is 0. The number of amides is 1. The highest BCUT2D eigenvalue weighted by Gasteiger charge is 2.09. The summed E-state index contributed by atoms with van der Waals surface area (Å²) in [6.45, 7) is 0.330. The number of nitrogens with zero attached hydrogens (tertiary/aromatic N) is 3. The van der Waals surface area contributed by atoms with Gasteiger partial charge in [-0.1, -0.05) is 6.07 Å². The molecule has 82 valence electrons. The van der Waals surface area contributed by atoms with Crippen LogP contribution in [0.5, 0.6) is 0 Å². The van der Waals surface area contributed by atoms with Gasteiger partial charge in [0.1, 0.15) is 10.4 Å². The summed E-state index contributed by atoms with van der Waals surface area (Å²) in [6.07, 6.45) is 0. The van der Waals surface area contributed by atoms with E-state index in [0.717, 1.165) is 10.4 Å². The quantitative estimate of drug-likeness (QED) is 0.780. The number of hydrogen-bond donors (Lipinski definition) is 0. The number of rotatable bonds is 3. The molecule has 4 nitrogen and oxygen atoms in total. The number of aromatic nitrogens is 1. The van der Waals surface area contributed by atoms with Gasteiger partial charge in [0.05, 0.1) is 6.54 Å². The Morgan fingerprint density at radius 1 is 1.40 bits per heavy atom. The molecule has 0 aliphatic carbocycles. The maximum absolute atomic E-state index is 11.5. The minimum Gasteiger partial charge on any atom is -0.350 e. The highest BCUT2D eigenvalue weighted by molar-refractivity contribution is 9.10. The monoisotopic (exact) mass is 271 g/mol. The van der Waals surface area contributed by atoms with E-state index in [2.05, 4.69) is 20.9 Å². The van der Waals surface area contributed by atoms with E-state index >= 15 is 0 Å². The molecule has 0 saturated heterocycles. The Labute approximate surface area is 98.0 Å². The minimum absolute atomic E-state index is 0.0549. The lowest BCUT2D eigenvalue weighted by molar-refractivity contribution is -0.127. The lowest BCUT2D eigenvalue weighted by Crippen LogP contribution is -2.34. The first-order valence-electron chi connectivity index (χ1n) is 4.54. The second-order valence-electron chi connectivity index (χ2n) is 3.46. The van der Waals surface area contributed by atoms with Crippen LogP contribution in [0, 0.1) is 0 Å². The maximum atomic E-state index is 11.5. The Morgan fingerprint density at radius 3 is 2.60 bits per heavy atom. The topological polar surface area (TPSA) is 36.4 Å². The Bertz CT molecular complexity index is 354. The van der Waals surface area contributed by atoms with Crippen molar-refractivity contribution in [3.05, 3.63) is 22.8 Å². The van der Waals surface area contributed by atoms with Crippen molar-refractivity contribution in [2.24, 2.45) is 0 Å². The predicted molar refractivity (Wildman–Crippen MR) is 63.9 cm³/mol. The van der Waals surface area contributed by atoms with Crippen LogP contribution in [-0.4, -0.2) is 43.5 Å². The molecule has 0 aromatic carbocycles. The number of hydrogen-bond acceptors (Lipinski definition) is 3. The van der Waals surface area contributed by atoms with Crippen LogP contribution in [0.3, 0.4) is 0 Å². The van der Waals surface area contributed by atoms with Crippen LogP contribution in [0.2, 0.25) is 0 Å². The summed E-state index contributed by atoms with van der Waals surface area (Å²) in [6, 6.07) is 5.61. The molecule has 0 N–H and O–H groups in total. The van der Waals surface area contributed by atoms with Gasteiger partial charge in [-0.25, -0.2) is 4.98 Å². The van der Waals surface area contributed by atoms with E-state index in [1.807, 2.05) is 30.1 Å². The normalized spacial score (nSPS) is 9.87. The molecule has 0 aliphatic rings. The van der Waals surface area contributed by atoms with Gasteiger partial charge in [0.25, 0.3) is 0 Å². The third-order valence-corrected chi connectivity index (χ3v) is 2.40. The Kier molecular flexibility index (Phi) is 4.08. The first kappa shape index (κ1) is 12.0. The Morgan fingerprint density at radius 2 is 2.07 bits per heavy atom. The average Bonchev–Trinajstić information content (AvgIpc) is 2.17. The summed E-state index contributed by atoms with van der Waals surface area (Å²) in [4.78, 5) is 19.1. The van der Waals surface area contributed by atoms with Gasteiger partial charge in [0.2, 0.25) is 5.91 Å². The minimum atomic E-state index is 0.0549. The van der Waals surface area contributed by atoms with Gasteiger partial charge in [-0.05, 0) is 28.1 Å². The third-order valence-electron chi connectivity index (χ3n) is 1.96. The van der Waals surface area contributed by atoms with E-state index in [0.29, 0.717) is 6.54 Å². The lowest BCUT2D eigenvalue weighted by Gasteiger charge is -2.19. The van der Waals surface area contributed by atoms with Gasteiger partial charge >= 0.3 is 0 Å². The second-order valence-corrected chi connectivity index (χ2v) is 4.28. The molecule has 1 heterocycles. The molecule has 0 bridgehead atoms. The smallest absolute Gasteiger partial charge is 0.241 e. The first-order valence-corrected chi connectivity index (χ1v) is 5.34. The van der Waals surface area contributed by atoms with Crippen molar-refractivity contribution in [3.8, 4) is 0 Å². The molecule has 0 spiro atoms. The number of carbonyl (C=O) groups excluding carboxylic acids is 1. The molecule has 1 amide bonds. The summed E-state index contributed by atoms with van der Waals surface area (Å²) >= 11 is 3.29. The van der Waals surface area contributed by atoms with Crippen molar-refractivity contribution < 1.29 is 4.79 Å². The van der Waals surface area contributed by atoms with Crippen LogP contribution in [0.1, 0.15) is 0 Å². The zero-order valence-electron chi connectivity index (χ0n) is 9.07. The zero-order chi connectivity index (χ0) is 11.4. The molecule has 5 heteroatoms. The second kappa shape index (κ2) is 5.11. The highest BCUT2D eigenvalue weighted by Crippen LogP contribution is 2.13. The molecule has 1 aromatic rings. The van der Waals surface area contributed by atoms with Crippen molar-refractivity contribution in [1.82, 2.24) is 9.88 Å². The molecule has 0 aliphatic heterocycles. The number of halogens is 1. The third kappa shape index (κ3) is 3.51. The summed E-state index contributed by atoms with van der Waals surface area (Å²) in [5, 5.41) is 0. The van der Waals surface area contributed by atoms with Gasteiger partial charge in [0.15, 0.2) is 0 Å². The highest BCUT2D eigenvalue weighted by atomic mass is 79.9. The lowest BCUT2D eigenvalue weighted by atomic mass is 10.4. The molecule has 0 atom stereocenters. The van der Waals surface area contributed by atoms with E-state index in [1.165, 1.54) is 0 Å². The van der Waals surface area contributed by atoms with E-state index in [9.17, 15) is 4.79 Å². The van der Waals surface area contributed by atoms with Crippen molar-refractivity contribution in [3.63, 3.8) is 0 Å². The molecular weight excluding hydrogens is 258 g/mol. The van der Waals surface area contributed by atoms with E-state index in [1.54, 1.807) is 19.0 Å². The average molecular weight is 272 g/mol. The van der Waals surface area contributed by atoms with Crippen molar-refractivity contribution >= 4 is 27.7 Å². The zero-order valence-corrected chi connectivity index (χ0v) is 10.7.